The number of aromatic nitrogens is 1. The molecule has 0 bridgehead atoms. The zero-order valence-electron chi connectivity index (χ0n) is 18.4. The normalized spacial score (nSPS) is 12.2. The van der Waals surface area contributed by atoms with E-state index in [9.17, 15) is 9.59 Å². The number of carbonyl (C=O) groups is 2. The van der Waals surface area contributed by atoms with Crippen LogP contribution in [-0.4, -0.2) is 23.9 Å². The number of hydrogen-bond acceptors (Lipinski definition) is 5. The number of nitrogens with zero attached hydrogens (tertiary/aromatic N) is 2. The van der Waals surface area contributed by atoms with E-state index in [1.165, 1.54) is 7.11 Å². The number of rotatable bonds is 4. The fraction of sp³-hybridized carbons (Fsp3) is 0.0741. The maximum atomic E-state index is 13.5. The third-order valence-electron chi connectivity index (χ3n) is 5.54. The second-order valence-corrected chi connectivity index (χ2v) is 8.69. The minimum absolute atomic E-state index is 0.130. The molecule has 0 fully saturated rings. The van der Waals surface area contributed by atoms with Gasteiger partial charge in [0.2, 0.25) is 0 Å². The zero-order chi connectivity index (χ0) is 23.5. The van der Waals surface area contributed by atoms with E-state index in [4.69, 9.17) is 4.74 Å². The summed E-state index contributed by atoms with van der Waals surface area (Å²) in [5.41, 5.74) is 3.40. The molecule has 3 aromatic carbocycles. The van der Waals surface area contributed by atoms with Crippen LogP contribution in [0.15, 0.2) is 101 Å². The van der Waals surface area contributed by atoms with Crippen LogP contribution in [0.25, 0.3) is 0 Å². The lowest BCUT2D eigenvalue weighted by Gasteiger charge is -2.22. The molecule has 1 aliphatic rings. The predicted molar refractivity (Wildman–Crippen MR) is 133 cm³/mol. The van der Waals surface area contributed by atoms with Crippen LogP contribution in [0.5, 0.6) is 5.75 Å². The summed E-state index contributed by atoms with van der Waals surface area (Å²) >= 11 is 1.57. The highest BCUT2D eigenvalue weighted by atomic mass is 32.2. The lowest BCUT2D eigenvalue weighted by molar-refractivity contribution is 0.0983. The van der Waals surface area contributed by atoms with Gasteiger partial charge in [-0.1, -0.05) is 42.1 Å². The van der Waals surface area contributed by atoms with Crippen molar-refractivity contribution in [2.45, 2.75) is 16.5 Å². The van der Waals surface area contributed by atoms with Crippen LogP contribution in [0.2, 0.25) is 0 Å². The molecule has 2 amide bonds. The summed E-state index contributed by atoms with van der Waals surface area (Å²) in [6.45, 7) is 0.451. The molecule has 168 valence electrons. The average Bonchev–Trinajstić information content (AvgIpc) is 3.05. The predicted octanol–water partition coefficient (Wildman–Crippen LogP) is 5.65. The van der Waals surface area contributed by atoms with Crippen molar-refractivity contribution in [1.82, 2.24) is 4.98 Å². The summed E-state index contributed by atoms with van der Waals surface area (Å²) in [5.74, 6) is 0.0882. The van der Waals surface area contributed by atoms with E-state index in [-0.39, 0.29) is 11.8 Å². The molecular formula is C27H21N3O3S. The van der Waals surface area contributed by atoms with Crippen molar-refractivity contribution in [3.05, 3.63) is 108 Å². The first-order chi connectivity index (χ1) is 16.6. The van der Waals surface area contributed by atoms with Gasteiger partial charge in [0.05, 0.1) is 24.9 Å². The van der Waals surface area contributed by atoms with Crippen molar-refractivity contribution in [2.75, 3.05) is 17.3 Å². The third kappa shape index (κ3) is 4.25. The Labute approximate surface area is 201 Å². The van der Waals surface area contributed by atoms with Crippen LogP contribution in [0.4, 0.5) is 11.4 Å². The molecule has 0 radical (unpaired) electrons. The number of methoxy groups -OCH3 is 1. The van der Waals surface area contributed by atoms with Crippen LogP contribution in [0, 0.1) is 0 Å². The minimum Gasteiger partial charge on any atom is -0.496 e. The first-order valence-electron chi connectivity index (χ1n) is 10.7. The average molecular weight is 468 g/mol. The number of nitrogens with one attached hydrogen (secondary N) is 1. The van der Waals surface area contributed by atoms with Gasteiger partial charge in [0, 0.05) is 22.3 Å². The van der Waals surface area contributed by atoms with Gasteiger partial charge >= 0.3 is 0 Å². The van der Waals surface area contributed by atoms with Gasteiger partial charge in [-0.15, -0.1) is 0 Å². The molecule has 0 saturated heterocycles. The van der Waals surface area contributed by atoms with Gasteiger partial charge in [-0.25, -0.2) is 4.98 Å². The number of amides is 2. The van der Waals surface area contributed by atoms with Gasteiger partial charge in [-0.3, -0.25) is 9.59 Å². The molecule has 0 saturated carbocycles. The van der Waals surface area contributed by atoms with Crippen molar-refractivity contribution < 1.29 is 14.3 Å². The molecule has 0 spiro atoms. The molecule has 2 heterocycles. The summed E-state index contributed by atoms with van der Waals surface area (Å²) in [7, 11) is 1.53. The first-order valence-corrected chi connectivity index (χ1v) is 11.5. The second-order valence-electron chi connectivity index (χ2n) is 7.66. The van der Waals surface area contributed by atoms with Crippen molar-refractivity contribution in [3.8, 4) is 5.75 Å². The summed E-state index contributed by atoms with van der Waals surface area (Å²) < 4.78 is 5.27. The van der Waals surface area contributed by atoms with Gasteiger partial charge in [-0.2, -0.15) is 0 Å². The summed E-state index contributed by atoms with van der Waals surface area (Å²) in [5, 5.41) is 3.65. The summed E-state index contributed by atoms with van der Waals surface area (Å²) in [6, 6.07) is 25.7. The highest BCUT2D eigenvalue weighted by Crippen LogP contribution is 2.40. The molecule has 1 N–H and O–H groups in total. The second kappa shape index (κ2) is 9.41. The van der Waals surface area contributed by atoms with Crippen molar-refractivity contribution in [2.24, 2.45) is 0 Å². The highest BCUT2D eigenvalue weighted by molar-refractivity contribution is 7.99. The molecule has 0 aliphatic carbocycles. The fourth-order valence-corrected chi connectivity index (χ4v) is 4.84. The van der Waals surface area contributed by atoms with E-state index in [0.717, 1.165) is 21.2 Å². The molecule has 5 rings (SSSR count). The van der Waals surface area contributed by atoms with Gasteiger partial charge in [-0.05, 0) is 60.2 Å². The Bertz CT molecular complexity index is 1370. The molecule has 34 heavy (non-hydrogen) atoms. The van der Waals surface area contributed by atoms with Crippen LogP contribution in [0.1, 0.15) is 26.3 Å². The number of benzene rings is 3. The third-order valence-corrected chi connectivity index (χ3v) is 6.66. The van der Waals surface area contributed by atoms with Crippen LogP contribution in [-0.2, 0) is 6.54 Å². The van der Waals surface area contributed by atoms with Gasteiger partial charge in [0.25, 0.3) is 11.8 Å². The molecule has 1 aliphatic heterocycles. The maximum Gasteiger partial charge on any atom is 0.259 e. The van der Waals surface area contributed by atoms with E-state index in [0.29, 0.717) is 29.1 Å². The molecule has 1 aromatic heterocycles. The van der Waals surface area contributed by atoms with Crippen molar-refractivity contribution >= 4 is 35.0 Å². The number of anilines is 2. The van der Waals surface area contributed by atoms with Crippen molar-refractivity contribution in [1.29, 1.82) is 0 Å². The minimum atomic E-state index is -0.280. The maximum absolute atomic E-state index is 13.5. The number of para-hydroxylation sites is 1. The Hall–Kier alpha value is -4.10. The largest absolute Gasteiger partial charge is 0.496 e. The van der Waals surface area contributed by atoms with E-state index >= 15 is 0 Å². The highest BCUT2D eigenvalue weighted by Gasteiger charge is 2.26. The smallest absolute Gasteiger partial charge is 0.259 e. The zero-order valence-corrected chi connectivity index (χ0v) is 19.2. The van der Waals surface area contributed by atoms with E-state index in [1.807, 2.05) is 42.5 Å². The SMILES string of the molecule is COc1ccccc1C(=O)Nc1ccc(C(=O)N2Cc3ccccc3Sc3ncccc32)cc1. The van der Waals surface area contributed by atoms with Crippen LogP contribution >= 0.6 is 11.8 Å². The Morgan fingerprint density at radius 2 is 1.71 bits per heavy atom. The Balaban J connectivity index is 1.39. The lowest BCUT2D eigenvalue weighted by atomic mass is 10.1. The van der Waals surface area contributed by atoms with Crippen LogP contribution in [0.3, 0.4) is 0 Å². The summed E-state index contributed by atoms with van der Waals surface area (Å²) in [4.78, 5) is 33.6. The van der Waals surface area contributed by atoms with Gasteiger partial charge < -0.3 is 15.0 Å². The Kier molecular flexibility index (Phi) is 6.01. The quantitative estimate of drug-likeness (QED) is 0.420. The monoisotopic (exact) mass is 467 g/mol. The number of pyridine rings is 1. The van der Waals surface area contributed by atoms with E-state index < -0.39 is 0 Å². The number of carbonyl (C=O) groups excluding carboxylic acids is 2. The molecular weight excluding hydrogens is 446 g/mol. The topological polar surface area (TPSA) is 71.5 Å². The van der Waals surface area contributed by atoms with E-state index in [2.05, 4.69) is 10.3 Å². The standard InChI is InChI=1S/C27H21N3O3S/c1-33-23-10-4-3-8-21(23)25(31)29-20-14-12-18(13-15-20)27(32)30-17-19-7-2-5-11-24(19)34-26-22(30)9-6-16-28-26/h2-16H,17H2,1H3,(H,29,31). The number of fused-ring (bicyclic) bond motifs is 2. The Morgan fingerprint density at radius 1 is 0.941 bits per heavy atom. The van der Waals surface area contributed by atoms with Crippen LogP contribution < -0.4 is 15.0 Å². The Morgan fingerprint density at radius 3 is 2.53 bits per heavy atom. The lowest BCUT2D eigenvalue weighted by Crippen LogP contribution is -2.30. The molecule has 0 unspecified atom stereocenters. The molecule has 6 nitrogen and oxygen atoms in total. The molecule has 7 heteroatoms. The number of hydrogen-bond donors (Lipinski definition) is 1. The molecule has 4 aromatic rings. The fourth-order valence-electron chi connectivity index (χ4n) is 3.82. The first kappa shape index (κ1) is 21.7. The van der Waals surface area contributed by atoms with E-state index in [1.54, 1.807) is 65.3 Å². The van der Waals surface area contributed by atoms with Gasteiger partial charge in [0.15, 0.2) is 0 Å². The van der Waals surface area contributed by atoms with Gasteiger partial charge in [0.1, 0.15) is 10.8 Å². The molecule has 0 atom stereocenters. The van der Waals surface area contributed by atoms with Crippen molar-refractivity contribution in [3.63, 3.8) is 0 Å². The summed E-state index contributed by atoms with van der Waals surface area (Å²) in [6.07, 6.45) is 1.74. The number of ether oxygens (including phenoxy) is 1.